The Kier molecular flexibility index (Phi) is 12.8. The Balaban J connectivity index is 0.990. The maximum absolute atomic E-state index is 11.4. The molecule has 0 aromatic rings. The molecule has 7 heterocycles. The topological polar surface area (TPSA) is 365 Å². The van der Waals surface area contributed by atoms with Crippen LogP contribution in [0, 0.1) is 0 Å². The van der Waals surface area contributed by atoms with Gasteiger partial charge >= 0.3 is 0 Å². The van der Waals surface area contributed by atoms with E-state index >= 15 is 0 Å². The zero-order valence-corrected chi connectivity index (χ0v) is 28.3. The summed E-state index contributed by atoms with van der Waals surface area (Å²) in [5, 5.41) is 135. The van der Waals surface area contributed by atoms with Crippen molar-refractivity contribution in [3.63, 3.8) is 0 Å². The summed E-state index contributed by atoms with van der Waals surface area (Å²) >= 11 is 0. The smallest absolute Gasteiger partial charge is 0.187 e. The van der Waals surface area contributed by atoms with Gasteiger partial charge in [0.1, 0.15) is 122 Å². The van der Waals surface area contributed by atoms with Crippen LogP contribution in [0.1, 0.15) is 0 Å². The van der Waals surface area contributed by atoms with Crippen LogP contribution >= 0.6 is 0 Å². The first-order valence-electron chi connectivity index (χ1n) is 17.5. The Hall–Kier alpha value is -0.960. The summed E-state index contributed by atoms with van der Waals surface area (Å²) < 4.78 is 62.2. The number of ether oxygens (including phenoxy) is 11. The summed E-state index contributed by atoms with van der Waals surface area (Å²) in [6.07, 6.45) is -37.5. The molecule has 312 valence electrons. The van der Waals surface area contributed by atoms with Gasteiger partial charge in [-0.3, -0.25) is 0 Å². The summed E-state index contributed by atoms with van der Waals surface area (Å²) in [4.78, 5) is 0. The minimum atomic E-state index is -1.84. The predicted octanol–water partition coefficient (Wildman–Crippen LogP) is -9.83. The molecule has 0 amide bonds. The van der Waals surface area contributed by atoms with E-state index in [2.05, 4.69) is 0 Å². The van der Waals surface area contributed by atoms with Crippen molar-refractivity contribution in [3.8, 4) is 0 Å². The molecule has 7 aliphatic heterocycles. The number of hydrogen-bond donors (Lipinski definition) is 13. The summed E-state index contributed by atoms with van der Waals surface area (Å²) in [5.41, 5.74) is 0. The number of rotatable bonds is 11. The van der Waals surface area contributed by atoms with Crippen molar-refractivity contribution in [1.29, 1.82) is 0 Å². The second kappa shape index (κ2) is 16.7. The van der Waals surface area contributed by atoms with Crippen molar-refractivity contribution in [1.82, 2.24) is 0 Å². The van der Waals surface area contributed by atoms with Crippen LogP contribution in [-0.4, -0.2) is 253 Å². The highest BCUT2D eigenvalue weighted by molar-refractivity contribution is 5.02. The Morgan fingerprint density at radius 3 is 1.24 bits per heavy atom. The third kappa shape index (κ3) is 7.44. The molecule has 7 rings (SSSR count). The normalized spacial score (nSPS) is 56.3. The molecule has 0 radical (unpaired) electrons. The van der Waals surface area contributed by atoms with Crippen molar-refractivity contribution in [3.05, 3.63) is 0 Å². The highest BCUT2D eigenvalue weighted by atomic mass is 16.8. The molecule has 0 aliphatic carbocycles. The van der Waals surface area contributed by atoms with E-state index in [1.54, 1.807) is 0 Å². The van der Waals surface area contributed by atoms with E-state index in [0.29, 0.717) is 0 Å². The van der Waals surface area contributed by atoms with Crippen LogP contribution in [0.3, 0.4) is 0 Å². The van der Waals surface area contributed by atoms with E-state index in [9.17, 15) is 66.4 Å². The van der Waals surface area contributed by atoms with Crippen molar-refractivity contribution in [2.75, 3.05) is 33.0 Å². The maximum Gasteiger partial charge on any atom is 0.187 e. The second-order valence-electron chi connectivity index (χ2n) is 14.2. The van der Waals surface area contributed by atoms with Gasteiger partial charge in [-0.15, -0.1) is 0 Å². The highest BCUT2D eigenvalue weighted by Crippen LogP contribution is 2.39. The maximum atomic E-state index is 11.4. The minimum absolute atomic E-state index is 0.153. The molecule has 0 unspecified atom stereocenters. The molecule has 54 heavy (non-hydrogen) atoms. The first kappa shape index (κ1) is 41.2. The fourth-order valence-corrected chi connectivity index (χ4v) is 7.76. The lowest BCUT2D eigenvalue weighted by Gasteiger charge is -2.47. The molecule has 24 heteroatoms. The third-order valence-electron chi connectivity index (χ3n) is 10.8. The zero-order chi connectivity index (χ0) is 38.7. The van der Waals surface area contributed by atoms with Gasteiger partial charge in [-0.1, -0.05) is 0 Å². The predicted molar refractivity (Wildman–Crippen MR) is 160 cm³/mol. The largest absolute Gasteiger partial charge is 0.394 e. The van der Waals surface area contributed by atoms with Gasteiger partial charge < -0.3 is 118 Å². The zero-order valence-electron chi connectivity index (χ0n) is 28.3. The van der Waals surface area contributed by atoms with Crippen molar-refractivity contribution < 1.29 is 118 Å². The van der Waals surface area contributed by atoms with E-state index in [4.69, 9.17) is 52.1 Å². The molecule has 0 spiro atoms. The van der Waals surface area contributed by atoms with Gasteiger partial charge in [-0.25, -0.2) is 0 Å². The highest BCUT2D eigenvalue weighted by Gasteiger charge is 2.59. The number of fused-ring (bicyclic) bond motifs is 4. The summed E-state index contributed by atoms with van der Waals surface area (Å²) in [5.74, 6) is 0. The number of aliphatic hydroxyl groups is 13. The van der Waals surface area contributed by atoms with Crippen LogP contribution in [0.15, 0.2) is 0 Å². The summed E-state index contributed by atoms with van der Waals surface area (Å²) in [7, 11) is 0. The van der Waals surface area contributed by atoms with Gasteiger partial charge in [0.05, 0.1) is 33.0 Å². The molecular formula is C30H48O24. The van der Waals surface area contributed by atoms with E-state index in [1.165, 1.54) is 0 Å². The van der Waals surface area contributed by atoms with Crippen molar-refractivity contribution in [2.24, 2.45) is 0 Å². The molecule has 13 N–H and O–H groups in total. The average molecular weight is 793 g/mol. The Labute approximate surface area is 305 Å². The molecule has 7 aliphatic rings. The lowest BCUT2D eigenvalue weighted by molar-refractivity contribution is -0.377. The van der Waals surface area contributed by atoms with E-state index in [1.807, 2.05) is 0 Å². The lowest BCUT2D eigenvalue weighted by Crippen LogP contribution is -2.66. The van der Waals surface area contributed by atoms with Crippen molar-refractivity contribution >= 4 is 0 Å². The first-order valence-corrected chi connectivity index (χ1v) is 17.5. The van der Waals surface area contributed by atoms with Crippen LogP contribution < -0.4 is 0 Å². The van der Waals surface area contributed by atoms with Gasteiger partial charge in [-0.2, -0.15) is 0 Å². The fraction of sp³-hybridized carbons (Fsp3) is 1.00. The molecule has 0 saturated carbocycles. The van der Waals surface area contributed by atoms with Gasteiger partial charge in [0.25, 0.3) is 0 Å². The molecule has 4 bridgehead atoms. The Morgan fingerprint density at radius 1 is 0.370 bits per heavy atom. The van der Waals surface area contributed by atoms with Crippen LogP contribution in [0.2, 0.25) is 0 Å². The second-order valence-corrected chi connectivity index (χ2v) is 14.2. The third-order valence-corrected chi connectivity index (χ3v) is 10.8. The van der Waals surface area contributed by atoms with Crippen molar-refractivity contribution in [2.45, 2.75) is 154 Å². The number of aliphatic hydroxyl groups excluding tert-OH is 13. The fourth-order valence-electron chi connectivity index (χ4n) is 7.76. The quantitative estimate of drug-likeness (QED) is 0.0923. The Bertz CT molecular complexity index is 1240. The molecule has 0 aromatic heterocycles. The van der Waals surface area contributed by atoms with Gasteiger partial charge in [-0.05, 0) is 0 Å². The minimum Gasteiger partial charge on any atom is -0.394 e. The molecule has 25 atom stereocenters. The van der Waals surface area contributed by atoms with E-state index in [-0.39, 0.29) is 13.2 Å². The monoisotopic (exact) mass is 792 g/mol. The molecule has 7 saturated heterocycles. The Morgan fingerprint density at radius 2 is 0.759 bits per heavy atom. The van der Waals surface area contributed by atoms with Gasteiger partial charge in [0.15, 0.2) is 31.5 Å². The summed E-state index contributed by atoms with van der Waals surface area (Å²) in [6, 6.07) is 0. The molecule has 24 nitrogen and oxygen atoms in total. The van der Waals surface area contributed by atoms with Crippen LogP contribution in [0.25, 0.3) is 0 Å². The molecule has 0 aromatic carbocycles. The van der Waals surface area contributed by atoms with Gasteiger partial charge in [0.2, 0.25) is 0 Å². The summed E-state index contributed by atoms with van der Waals surface area (Å²) in [6.45, 7) is -2.53. The van der Waals surface area contributed by atoms with E-state index < -0.39 is 173 Å². The van der Waals surface area contributed by atoms with Crippen LogP contribution in [0.4, 0.5) is 0 Å². The van der Waals surface area contributed by atoms with Crippen LogP contribution in [-0.2, 0) is 52.1 Å². The molecule has 7 fully saturated rings. The first-order chi connectivity index (χ1) is 25.8. The average Bonchev–Trinajstić information content (AvgIpc) is 3.64. The van der Waals surface area contributed by atoms with E-state index in [0.717, 1.165) is 0 Å². The van der Waals surface area contributed by atoms with Gasteiger partial charge in [0, 0.05) is 0 Å². The standard InChI is InChI=1S/C30H48O24/c31-1-6-11(34)14(37)15(38)27(47-6)51-20-9-4-44-24(20)19(42)30(50-9)54-23-13(36)8(3-33)48-28(17(23)40)52-21-10-5-45-25(21)18(41)29(49-10)53-22-12(35)7(2-32)46-26(43)16(22)39/h6-43H,1-5H2/t6-,7-,8-,9+,10+,11+,12+,13+,14+,15-,16-,17-,18+,19+,20-,21-,22+,23+,24+,25+,26-,27+,28+,29+,30+/m1/s1. The molecular weight excluding hydrogens is 744 g/mol. The van der Waals surface area contributed by atoms with Crippen LogP contribution in [0.5, 0.6) is 0 Å². The number of hydrogen-bond acceptors (Lipinski definition) is 24. The lowest BCUT2D eigenvalue weighted by atomic mass is 9.96. The SMILES string of the molecule is OC[C@H]1O[C@@H](O[C@H]2[C@H]3OC[C@@H]2O[C@@H](O[C@H]2[C@@H](O)[C@@H](CO)O[C@@H](O[C@H]4[C@H]5OC[C@@H]4O[C@@H](O[C@@H]4[C@@H](O)[C@H](O)O[C@H](CO)[C@@H]4O)[C@H]5O)[C@@H]2O)[C@H]3O)[C@H](O)[C@@H](O)[C@H]1O.